The van der Waals surface area contributed by atoms with Crippen LogP contribution in [0, 0.1) is 0 Å². The van der Waals surface area contributed by atoms with Crippen LogP contribution in [-0.2, 0) is 9.53 Å². The molecular weight excluding hydrogens is 289 g/mol. The first-order valence-electron chi connectivity index (χ1n) is 5.21. The average molecular weight is 300 g/mol. The van der Waals surface area contributed by atoms with Crippen LogP contribution in [0.4, 0.5) is 4.39 Å². The van der Waals surface area contributed by atoms with E-state index in [1.807, 2.05) is 6.07 Å². The lowest BCUT2D eigenvalue weighted by Gasteiger charge is -2.10. The molecule has 90 valence electrons. The summed E-state index contributed by atoms with van der Waals surface area (Å²) in [5.41, 5.74) is 0.653. The number of esters is 1. The third-order valence-electron chi connectivity index (χ3n) is 2.44. The van der Waals surface area contributed by atoms with Crippen LogP contribution in [0.2, 0.25) is 0 Å². The fraction of sp³-hybridized carbons (Fsp3) is 0.250. The Morgan fingerprint density at radius 3 is 3.00 bits per heavy atom. The number of aromatic nitrogens is 1. The normalized spacial score (nSPS) is 12.6. The monoisotopic (exact) mass is 299 g/mol. The van der Waals surface area contributed by atoms with Crippen molar-refractivity contribution in [1.82, 2.24) is 4.57 Å². The molecule has 0 fully saturated rings. The van der Waals surface area contributed by atoms with Gasteiger partial charge in [0.05, 0.1) is 12.1 Å². The van der Waals surface area contributed by atoms with Crippen molar-refractivity contribution in [1.29, 1.82) is 0 Å². The van der Waals surface area contributed by atoms with Gasteiger partial charge in [0.15, 0.2) is 0 Å². The Bertz CT molecular complexity index is 552. The molecule has 1 atom stereocenters. The molecule has 0 amide bonds. The highest BCUT2D eigenvalue weighted by molar-refractivity contribution is 9.10. The number of carbonyl (C=O) groups is 1. The first kappa shape index (κ1) is 12.1. The van der Waals surface area contributed by atoms with Crippen molar-refractivity contribution in [3.63, 3.8) is 0 Å². The summed E-state index contributed by atoms with van der Waals surface area (Å²) in [6.07, 6.45) is -0.265. The Hall–Kier alpha value is -1.36. The fourth-order valence-electron chi connectivity index (χ4n) is 1.67. The van der Waals surface area contributed by atoms with E-state index in [0.29, 0.717) is 5.52 Å². The second-order valence-electron chi connectivity index (χ2n) is 3.48. The number of alkyl halides is 1. The van der Waals surface area contributed by atoms with Crippen LogP contribution in [0.3, 0.4) is 0 Å². The number of fused-ring (bicyclic) bond motifs is 1. The van der Waals surface area contributed by atoms with E-state index in [1.54, 1.807) is 25.1 Å². The molecule has 0 saturated heterocycles. The summed E-state index contributed by atoms with van der Waals surface area (Å²) in [7, 11) is 0. The van der Waals surface area contributed by atoms with Crippen molar-refractivity contribution >= 4 is 32.8 Å². The van der Waals surface area contributed by atoms with E-state index in [0.717, 1.165) is 9.86 Å². The van der Waals surface area contributed by atoms with Gasteiger partial charge in [0, 0.05) is 16.1 Å². The predicted molar refractivity (Wildman–Crippen MR) is 66.4 cm³/mol. The Kier molecular flexibility index (Phi) is 3.47. The van der Waals surface area contributed by atoms with E-state index in [4.69, 9.17) is 0 Å². The molecular formula is C12H11BrFNO2. The predicted octanol–water partition coefficient (Wildman–Crippen LogP) is 3.44. The van der Waals surface area contributed by atoms with Crippen molar-refractivity contribution in [3.05, 3.63) is 34.9 Å². The van der Waals surface area contributed by atoms with Gasteiger partial charge >= 0.3 is 5.97 Å². The fourth-order valence-corrected chi connectivity index (χ4v) is 2.16. The van der Waals surface area contributed by atoms with Gasteiger partial charge in [0.1, 0.15) is 0 Å². The molecule has 1 aromatic heterocycles. The van der Waals surface area contributed by atoms with E-state index in [9.17, 15) is 9.18 Å². The van der Waals surface area contributed by atoms with Gasteiger partial charge in [-0.05, 0) is 25.1 Å². The van der Waals surface area contributed by atoms with Gasteiger partial charge in [-0.2, -0.15) is 0 Å². The molecule has 0 saturated carbocycles. The first-order chi connectivity index (χ1) is 8.15. The van der Waals surface area contributed by atoms with Gasteiger partial charge in [-0.3, -0.25) is 0 Å². The summed E-state index contributed by atoms with van der Waals surface area (Å²) in [5, 5.41) is 0.861. The van der Waals surface area contributed by atoms with Crippen LogP contribution in [0.1, 0.15) is 13.2 Å². The summed E-state index contributed by atoms with van der Waals surface area (Å²) in [4.78, 5) is 11.3. The Morgan fingerprint density at radius 2 is 2.29 bits per heavy atom. The average Bonchev–Trinajstić information content (AvgIpc) is 2.73. The smallest absolute Gasteiger partial charge is 0.362 e. The van der Waals surface area contributed by atoms with E-state index < -0.39 is 12.3 Å². The maximum Gasteiger partial charge on any atom is 0.362 e. The topological polar surface area (TPSA) is 31.2 Å². The molecule has 0 aliphatic carbocycles. The maximum absolute atomic E-state index is 13.9. The number of nitrogens with zero attached hydrogens (tertiary/aromatic N) is 1. The van der Waals surface area contributed by atoms with Gasteiger partial charge in [-0.15, -0.1) is 0 Å². The highest BCUT2D eigenvalue weighted by atomic mass is 79.9. The molecule has 1 aromatic carbocycles. The molecule has 0 spiro atoms. The third-order valence-corrected chi connectivity index (χ3v) is 3.13. The Labute approximate surface area is 106 Å². The number of rotatable bonds is 3. The molecule has 1 heterocycles. The lowest BCUT2D eigenvalue weighted by atomic mass is 10.2. The van der Waals surface area contributed by atoms with Crippen molar-refractivity contribution in [2.24, 2.45) is 0 Å². The number of hydrogen-bond acceptors (Lipinski definition) is 2. The number of carbonyl (C=O) groups excluding carboxylic acids is 1. The quantitative estimate of drug-likeness (QED) is 0.813. The minimum atomic E-state index is -1.80. The lowest BCUT2D eigenvalue weighted by molar-refractivity contribution is -0.152. The molecule has 2 rings (SSSR count). The van der Waals surface area contributed by atoms with Gasteiger partial charge in [0.2, 0.25) is 0 Å². The highest BCUT2D eigenvalue weighted by Crippen LogP contribution is 2.27. The van der Waals surface area contributed by atoms with Crippen LogP contribution in [0.15, 0.2) is 34.9 Å². The van der Waals surface area contributed by atoms with Crippen LogP contribution in [-0.4, -0.2) is 17.1 Å². The van der Waals surface area contributed by atoms with Crippen molar-refractivity contribution < 1.29 is 13.9 Å². The van der Waals surface area contributed by atoms with Crippen LogP contribution in [0.25, 0.3) is 10.9 Å². The Balaban J connectivity index is 2.42. The molecule has 0 aliphatic rings. The van der Waals surface area contributed by atoms with E-state index in [1.165, 1.54) is 10.8 Å². The molecule has 17 heavy (non-hydrogen) atoms. The molecule has 3 nitrogen and oxygen atoms in total. The van der Waals surface area contributed by atoms with Crippen LogP contribution < -0.4 is 0 Å². The lowest BCUT2D eigenvalue weighted by Crippen LogP contribution is -2.17. The molecule has 0 bridgehead atoms. The number of benzene rings is 1. The van der Waals surface area contributed by atoms with Gasteiger partial charge < -0.3 is 9.30 Å². The minimum Gasteiger partial charge on any atom is -0.462 e. The standard InChI is InChI=1S/C12H11BrFNO2/c1-2-17-12(16)11(14)15-7-6-8-9(13)4-3-5-10(8)15/h3-7,11H,2H2,1H3. The molecule has 5 heteroatoms. The van der Waals surface area contributed by atoms with Crippen LogP contribution in [0.5, 0.6) is 0 Å². The third kappa shape index (κ3) is 2.20. The molecule has 1 unspecified atom stereocenters. The van der Waals surface area contributed by atoms with E-state index in [2.05, 4.69) is 20.7 Å². The molecule has 2 aromatic rings. The zero-order chi connectivity index (χ0) is 12.4. The summed E-state index contributed by atoms with van der Waals surface area (Å²) in [6.45, 7) is 1.82. The summed E-state index contributed by atoms with van der Waals surface area (Å²) < 4.78 is 20.7. The molecule has 0 radical (unpaired) electrons. The maximum atomic E-state index is 13.9. The van der Waals surface area contributed by atoms with E-state index >= 15 is 0 Å². The largest absolute Gasteiger partial charge is 0.462 e. The van der Waals surface area contributed by atoms with Gasteiger partial charge in [-0.1, -0.05) is 22.0 Å². The van der Waals surface area contributed by atoms with Crippen molar-refractivity contribution in [3.8, 4) is 0 Å². The Morgan fingerprint density at radius 1 is 1.53 bits per heavy atom. The van der Waals surface area contributed by atoms with E-state index in [-0.39, 0.29) is 6.61 Å². The summed E-state index contributed by atoms with van der Waals surface area (Å²) >= 11 is 3.38. The number of hydrogen-bond donors (Lipinski definition) is 0. The minimum absolute atomic E-state index is 0.169. The SMILES string of the molecule is CCOC(=O)C(F)n1ccc2c(Br)cccc21. The zero-order valence-electron chi connectivity index (χ0n) is 9.19. The number of halogens is 2. The zero-order valence-corrected chi connectivity index (χ0v) is 10.8. The van der Waals surface area contributed by atoms with Crippen molar-refractivity contribution in [2.75, 3.05) is 6.61 Å². The summed E-state index contributed by atoms with van der Waals surface area (Å²) in [6, 6.07) is 7.17. The second kappa shape index (κ2) is 4.87. The van der Waals surface area contributed by atoms with Gasteiger partial charge in [-0.25, -0.2) is 9.18 Å². The van der Waals surface area contributed by atoms with Crippen LogP contribution >= 0.6 is 15.9 Å². The van der Waals surface area contributed by atoms with Crippen molar-refractivity contribution in [2.45, 2.75) is 13.2 Å². The highest BCUT2D eigenvalue weighted by Gasteiger charge is 2.22. The van der Waals surface area contributed by atoms with Gasteiger partial charge in [0.25, 0.3) is 6.30 Å². The number of ether oxygens (including phenoxy) is 1. The molecule has 0 N–H and O–H groups in total. The second-order valence-corrected chi connectivity index (χ2v) is 4.34. The summed E-state index contributed by atoms with van der Waals surface area (Å²) in [5.74, 6) is -0.870. The first-order valence-corrected chi connectivity index (χ1v) is 6.00. The molecule has 0 aliphatic heterocycles.